The molecule has 4 rings (SSSR count). The number of hydrogen-bond acceptors (Lipinski definition) is 6. The van der Waals surface area contributed by atoms with Gasteiger partial charge in [0, 0.05) is 50.7 Å². The molecule has 7 heteroatoms. The van der Waals surface area contributed by atoms with Crippen LogP contribution in [0.1, 0.15) is 0 Å². The number of nitrogens with one attached hydrogen (secondary N) is 3. The van der Waals surface area contributed by atoms with Gasteiger partial charge in [0.1, 0.15) is 6.33 Å². The largest absolute Gasteiger partial charge is 0.393 e. The fraction of sp³-hybridized carbons (Fsp3) is 0.250. The van der Waals surface area contributed by atoms with E-state index in [9.17, 15) is 4.79 Å². The Hall–Kier alpha value is -3.19. The van der Waals surface area contributed by atoms with Gasteiger partial charge >= 0.3 is 0 Å². The Morgan fingerprint density at radius 2 is 2.07 bits per heavy atom. The van der Waals surface area contributed by atoms with Crippen molar-refractivity contribution in [3.63, 3.8) is 0 Å². The summed E-state index contributed by atoms with van der Waals surface area (Å²) in [5.74, 6) is 0. The molecule has 0 saturated carbocycles. The van der Waals surface area contributed by atoms with Gasteiger partial charge in [-0.3, -0.25) is 9.36 Å². The van der Waals surface area contributed by atoms with Crippen molar-refractivity contribution in [1.29, 1.82) is 5.41 Å². The maximum Gasteiger partial charge on any atom is 0.265 e. The second kappa shape index (κ2) is 7.20. The van der Waals surface area contributed by atoms with Gasteiger partial charge in [0.15, 0.2) is 0 Å². The molecule has 0 atom stereocenters. The lowest BCUT2D eigenvalue weighted by Gasteiger charge is -2.29. The van der Waals surface area contributed by atoms with Crippen molar-refractivity contribution >= 4 is 28.0 Å². The number of aromatic nitrogens is 2. The molecule has 1 aliphatic heterocycles. The van der Waals surface area contributed by atoms with Crippen molar-refractivity contribution in [2.24, 2.45) is 0 Å². The van der Waals surface area contributed by atoms with Crippen molar-refractivity contribution < 1.29 is 0 Å². The molecular formula is C20H22N6O. The third-order valence-corrected chi connectivity index (χ3v) is 4.84. The second-order valence-electron chi connectivity index (χ2n) is 6.56. The number of anilines is 1. The Kier molecular flexibility index (Phi) is 4.60. The monoisotopic (exact) mass is 362 g/mol. The predicted molar refractivity (Wildman–Crippen MR) is 109 cm³/mol. The Bertz CT molecular complexity index is 1040. The van der Waals surface area contributed by atoms with Crippen LogP contribution in [0.5, 0.6) is 0 Å². The van der Waals surface area contributed by atoms with Crippen LogP contribution in [-0.4, -0.2) is 48.5 Å². The topological polar surface area (TPSA) is 86.0 Å². The first-order chi connectivity index (χ1) is 13.2. The first kappa shape index (κ1) is 17.2. The van der Waals surface area contributed by atoms with Gasteiger partial charge in [-0.25, -0.2) is 4.98 Å². The third-order valence-electron chi connectivity index (χ3n) is 4.84. The number of allylic oxidation sites excluding steroid dienone is 5. The van der Waals surface area contributed by atoms with Crippen molar-refractivity contribution in [1.82, 2.24) is 20.2 Å². The Balaban J connectivity index is 1.78. The van der Waals surface area contributed by atoms with Crippen LogP contribution in [0.2, 0.25) is 0 Å². The average molecular weight is 362 g/mol. The lowest BCUT2D eigenvalue weighted by atomic mass is 10.0. The summed E-state index contributed by atoms with van der Waals surface area (Å²) in [4.78, 5) is 19.9. The first-order valence-corrected chi connectivity index (χ1v) is 9.01. The highest BCUT2D eigenvalue weighted by molar-refractivity contribution is 6.11. The SMILES string of the molecule is CN/C=C1/C=C(n2cnc3ccc(N4CCNCC4)cc3c2=O)C=CC1=N. The number of fused-ring (bicyclic) bond motifs is 1. The number of hydrogen-bond donors (Lipinski definition) is 3. The van der Waals surface area contributed by atoms with Crippen molar-refractivity contribution in [3.8, 4) is 0 Å². The van der Waals surface area contributed by atoms with Crippen LogP contribution in [-0.2, 0) is 0 Å². The predicted octanol–water partition coefficient (Wildman–Crippen LogP) is 1.34. The van der Waals surface area contributed by atoms with Gasteiger partial charge in [-0.2, -0.15) is 0 Å². The number of nitrogens with zero attached hydrogens (tertiary/aromatic N) is 3. The Labute approximate surface area is 157 Å². The van der Waals surface area contributed by atoms with E-state index in [2.05, 4.69) is 20.5 Å². The molecule has 1 aromatic heterocycles. The minimum atomic E-state index is -0.106. The van der Waals surface area contributed by atoms with Crippen molar-refractivity contribution in [3.05, 3.63) is 64.9 Å². The molecule has 0 spiro atoms. The van der Waals surface area contributed by atoms with Crippen LogP contribution < -0.4 is 21.1 Å². The van der Waals surface area contributed by atoms with Crippen LogP contribution in [0.4, 0.5) is 5.69 Å². The minimum absolute atomic E-state index is 0.106. The zero-order valence-electron chi connectivity index (χ0n) is 15.2. The molecule has 2 aliphatic rings. The summed E-state index contributed by atoms with van der Waals surface area (Å²) in [5, 5.41) is 14.8. The molecule has 7 nitrogen and oxygen atoms in total. The molecule has 1 saturated heterocycles. The minimum Gasteiger partial charge on any atom is -0.393 e. The Morgan fingerprint density at radius 1 is 1.26 bits per heavy atom. The highest BCUT2D eigenvalue weighted by Crippen LogP contribution is 2.21. The van der Waals surface area contributed by atoms with E-state index < -0.39 is 0 Å². The molecule has 1 aromatic carbocycles. The lowest BCUT2D eigenvalue weighted by Crippen LogP contribution is -2.43. The maximum atomic E-state index is 13.1. The molecule has 2 heterocycles. The first-order valence-electron chi connectivity index (χ1n) is 9.01. The van der Waals surface area contributed by atoms with E-state index in [0.717, 1.165) is 37.4 Å². The van der Waals surface area contributed by atoms with E-state index in [4.69, 9.17) is 5.41 Å². The molecule has 138 valence electrons. The highest BCUT2D eigenvalue weighted by atomic mass is 16.1. The summed E-state index contributed by atoms with van der Waals surface area (Å²) in [6.45, 7) is 3.74. The lowest BCUT2D eigenvalue weighted by molar-refractivity contribution is 0.589. The standard InChI is InChI=1S/C20H22N6O/c1-22-12-14-10-16(2-4-18(14)21)26-13-24-19-5-3-15(11-17(19)20(26)27)25-8-6-23-7-9-25/h2-5,10-13,21-23H,6-9H2,1H3/b14-12-,21-18?. The third kappa shape index (κ3) is 3.29. The summed E-state index contributed by atoms with van der Waals surface area (Å²) in [7, 11) is 1.79. The number of piperazine rings is 1. The smallest absolute Gasteiger partial charge is 0.265 e. The molecule has 0 unspecified atom stereocenters. The zero-order chi connectivity index (χ0) is 18.8. The van der Waals surface area contributed by atoms with Gasteiger partial charge in [-0.05, 0) is 36.4 Å². The molecule has 0 amide bonds. The van der Waals surface area contributed by atoms with Crippen LogP contribution in [0, 0.1) is 5.41 Å². The van der Waals surface area contributed by atoms with E-state index in [1.165, 1.54) is 4.57 Å². The van der Waals surface area contributed by atoms with E-state index in [1.54, 1.807) is 31.7 Å². The fourth-order valence-electron chi connectivity index (χ4n) is 3.39. The maximum absolute atomic E-state index is 13.1. The quantitative estimate of drug-likeness (QED) is 0.767. The van der Waals surface area contributed by atoms with Gasteiger partial charge in [-0.15, -0.1) is 0 Å². The molecule has 3 N–H and O–H groups in total. The van der Waals surface area contributed by atoms with Crippen molar-refractivity contribution in [2.45, 2.75) is 0 Å². The Morgan fingerprint density at radius 3 is 2.85 bits per heavy atom. The fourth-order valence-corrected chi connectivity index (χ4v) is 3.39. The summed E-state index contributed by atoms with van der Waals surface area (Å²) in [5.41, 5.74) is 3.44. The van der Waals surface area contributed by atoms with Gasteiger partial charge in [0.2, 0.25) is 0 Å². The van der Waals surface area contributed by atoms with Gasteiger partial charge in [0.05, 0.1) is 22.3 Å². The molecule has 0 radical (unpaired) electrons. The highest BCUT2D eigenvalue weighted by Gasteiger charge is 2.15. The van der Waals surface area contributed by atoms with Crippen molar-refractivity contribution in [2.75, 3.05) is 38.1 Å². The second-order valence-corrected chi connectivity index (χ2v) is 6.56. The van der Waals surface area contributed by atoms with E-state index in [1.807, 2.05) is 24.3 Å². The zero-order valence-corrected chi connectivity index (χ0v) is 15.2. The van der Waals surface area contributed by atoms with E-state index in [0.29, 0.717) is 22.3 Å². The van der Waals surface area contributed by atoms with Gasteiger partial charge in [-0.1, -0.05) is 0 Å². The summed E-state index contributed by atoms with van der Waals surface area (Å²) < 4.78 is 1.54. The molecule has 1 fully saturated rings. The summed E-state index contributed by atoms with van der Waals surface area (Å²) in [6.07, 6.45) is 8.57. The van der Waals surface area contributed by atoms with E-state index >= 15 is 0 Å². The summed E-state index contributed by atoms with van der Waals surface area (Å²) in [6, 6.07) is 5.87. The van der Waals surface area contributed by atoms with Gasteiger partial charge in [0.25, 0.3) is 5.56 Å². The molecular weight excluding hydrogens is 340 g/mol. The average Bonchev–Trinajstić information content (AvgIpc) is 2.71. The molecule has 2 aromatic rings. The van der Waals surface area contributed by atoms with Crippen LogP contribution in [0.15, 0.2) is 59.3 Å². The summed E-state index contributed by atoms with van der Waals surface area (Å²) >= 11 is 0. The number of rotatable bonds is 3. The normalized spacial score (nSPS) is 18.9. The van der Waals surface area contributed by atoms with Crippen LogP contribution in [0.25, 0.3) is 16.6 Å². The molecule has 1 aliphatic carbocycles. The van der Waals surface area contributed by atoms with Crippen LogP contribution in [0.3, 0.4) is 0 Å². The van der Waals surface area contributed by atoms with Gasteiger partial charge < -0.3 is 20.9 Å². The van der Waals surface area contributed by atoms with E-state index in [-0.39, 0.29) is 5.56 Å². The molecule has 0 bridgehead atoms. The van der Waals surface area contributed by atoms with Crippen LogP contribution >= 0.6 is 0 Å². The number of benzene rings is 1. The molecule has 27 heavy (non-hydrogen) atoms.